The summed E-state index contributed by atoms with van der Waals surface area (Å²) in [5.41, 5.74) is 4.92. The lowest BCUT2D eigenvalue weighted by atomic mass is 10.0. The highest BCUT2D eigenvalue weighted by Crippen LogP contribution is 2.27. The molecular weight excluding hydrogens is 361 g/mol. The maximum absolute atomic E-state index is 15.0. The molecule has 0 unspecified atom stereocenters. The van der Waals surface area contributed by atoms with E-state index >= 15 is 4.39 Å². The van der Waals surface area contributed by atoms with Crippen molar-refractivity contribution in [2.75, 3.05) is 5.32 Å². The van der Waals surface area contributed by atoms with Crippen LogP contribution in [0.3, 0.4) is 0 Å². The lowest BCUT2D eigenvalue weighted by Crippen LogP contribution is -2.05. The predicted octanol–water partition coefficient (Wildman–Crippen LogP) is 6.60. The standard InChI is InChI=1S/C25H24FN3/c1-4-7-8-18-9-11-19(12-10-18)16-27-25-23(26)24(28-17-29-25)22-14-13-20(5-2)21(6-3)15-22/h5-15,17H,2-4,16H2,1H3,(H,27,28,29)/b8-7+. The number of hydrogen-bond donors (Lipinski definition) is 1. The van der Waals surface area contributed by atoms with Gasteiger partial charge in [0.2, 0.25) is 0 Å². The highest BCUT2D eigenvalue weighted by molar-refractivity contribution is 5.72. The van der Waals surface area contributed by atoms with Gasteiger partial charge in [-0.2, -0.15) is 0 Å². The van der Waals surface area contributed by atoms with Crippen LogP contribution in [0, 0.1) is 5.82 Å². The molecule has 146 valence electrons. The van der Waals surface area contributed by atoms with Gasteiger partial charge >= 0.3 is 0 Å². The zero-order valence-electron chi connectivity index (χ0n) is 16.5. The van der Waals surface area contributed by atoms with Crippen LogP contribution in [-0.2, 0) is 6.54 Å². The van der Waals surface area contributed by atoms with E-state index < -0.39 is 5.82 Å². The number of halogens is 1. The number of nitrogens with one attached hydrogen (secondary N) is 1. The Hall–Kier alpha value is -3.53. The van der Waals surface area contributed by atoms with Crippen molar-refractivity contribution in [3.05, 3.63) is 96.1 Å². The van der Waals surface area contributed by atoms with E-state index in [-0.39, 0.29) is 11.5 Å². The molecule has 4 heteroatoms. The van der Waals surface area contributed by atoms with Gasteiger partial charge in [-0.1, -0.05) is 80.8 Å². The van der Waals surface area contributed by atoms with Crippen molar-refractivity contribution in [3.63, 3.8) is 0 Å². The van der Waals surface area contributed by atoms with Crippen LogP contribution in [-0.4, -0.2) is 9.97 Å². The Balaban J connectivity index is 1.79. The van der Waals surface area contributed by atoms with Crippen molar-refractivity contribution >= 4 is 24.0 Å². The smallest absolute Gasteiger partial charge is 0.191 e. The first-order valence-electron chi connectivity index (χ1n) is 9.55. The van der Waals surface area contributed by atoms with Crippen LogP contribution in [0.1, 0.15) is 35.6 Å². The molecule has 0 aliphatic rings. The van der Waals surface area contributed by atoms with Crippen molar-refractivity contribution in [1.82, 2.24) is 9.97 Å². The van der Waals surface area contributed by atoms with Crippen molar-refractivity contribution < 1.29 is 4.39 Å². The molecule has 0 saturated carbocycles. The molecule has 3 nitrogen and oxygen atoms in total. The highest BCUT2D eigenvalue weighted by atomic mass is 19.1. The van der Waals surface area contributed by atoms with Gasteiger partial charge in [0.15, 0.2) is 11.6 Å². The van der Waals surface area contributed by atoms with Crippen LogP contribution in [0.2, 0.25) is 0 Å². The second-order valence-electron chi connectivity index (χ2n) is 6.54. The summed E-state index contributed by atoms with van der Waals surface area (Å²) in [6.07, 6.45) is 10.0. The van der Waals surface area contributed by atoms with Crippen LogP contribution in [0.25, 0.3) is 29.5 Å². The number of hydrogen-bond acceptors (Lipinski definition) is 3. The molecule has 1 N–H and O–H groups in total. The van der Waals surface area contributed by atoms with Gasteiger partial charge < -0.3 is 5.32 Å². The third-order valence-electron chi connectivity index (χ3n) is 4.58. The Bertz CT molecular complexity index is 1040. The van der Waals surface area contributed by atoms with Crippen molar-refractivity contribution in [3.8, 4) is 11.3 Å². The molecule has 0 saturated heterocycles. The fraction of sp³-hybridized carbons (Fsp3) is 0.120. The summed E-state index contributed by atoms with van der Waals surface area (Å²) >= 11 is 0. The van der Waals surface area contributed by atoms with Crippen molar-refractivity contribution in [2.45, 2.75) is 19.9 Å². The van der Waals surface area contributed by atoms with Gasteiger partial charge in [0, 0.05) is 12.1 Å². The summed E-state index contributed by atoms with van der Waals surface area (Å²) < 4.78 is 15.0. The van der Waals surface area contributed by atoms with E-state index in [4.69, 9.17) is 0 Å². The van der Waals surface area contributed by atoms with Crippen LogP contribution in [0.4, 0.5) is 10.2 Å². The molecule has 3 aromatic rings. The predicted molar refractivity (Wildman–Crippen MR) is 121 cm³/mol. The number of aromatic nitrogens is 2. The van der Waals surface area contributed by atoms with E-state index in [0.717, 1.165) is 28.7 Å². The van der Waals surface area contributed by atoms with E-state index in [1.165, 1.54) is 6.33 Å². The molecule has 1 aromatic heterocycles. The van der Waals surface area contributed by atoms with Gasteiger partial charge in [-0.15, -0.1) is 0 Å². The summed E-state index contributed by atoms with van der Waals surface area (Å²) in [5, 5.41) is 3.07. The molecule has 0 bridgehead atoms. The van der Waals surface area contributed by atoms with Gasteiger partial charge in [0.05, 0.1) is 0 Å². The summed E-state index contributed by atoms with van der Waals surface area (Å²) in [5.74, 6) is -0.297. The Kier molecular flexibility index (Phi) is 6.69. The van der Waals surface area contributed by atoms with Crippen LogP contribution in [0.15, 0.2) is 68.0 Å². The Morgan fingerprint density at radius 1 is 1.00 bits per heavy atom. The highest BCUT2D eigenvalue weighted by Gasteiger charge is 2.13. The Morgan fingerprint density at radius 2 is 1.76 bits per heavy atom. The lowest BCUT2D eigenvalue weighted by Gasteiger charge is -2.11. The van der Waals surface area contributed by atoms with Gasteiger partial charge in [0.25, 0.3) is 0 Å². The first-order chi connectivity index (χ1) is 14.2. The second-order valence-corrected chi connectivity index (χ2v) is 6.54. The number of anilines is 1. The topological polar surface area (TPSA) is 37.8 Å². The summed E-state index contributed by atoms with van der Waals surface area (Å²) in [6, 6.07) is 13.7. The van der Waals surface area contributed by atoms with E-state index in [1.807, 2.05) is 42.5 Å². The largest absolute Gasteiger partial charge is 0.363 e. The fourth-order valence-electron chi connectivity index (χ4n) is 2.97. The number of nitrogens with zero attached hydrogens (tertiary/aromatic N) is 2. The van der Waals surface area contributed by atoms with Crippen LogP contribution in [0.5, 0.6) is 0 Å². The first-order valence-corrected chi connectivity index (χ1v) is 9.55. The normalized spacial score (nSPS) is 10.8. The van der Waals surface area contributed by atoms with E-state index in [2.05, 4.69) is 47.5 Å². The molecule has 0 amide bonds. The quantitative estimate of drug-likeness (QED) is 0.474. The summed E-state index contributed by atoms with van der Waals surface area (Å²) in [4.78, 5) is 8.21. The monoisotopic (exact) mass is 385 g/mol. The molecule has 3 rings (SSSR count). The first kappa shape index (κ1) is 20.2. The van der Waals surface area contributed by atoms with E-state index in [1.54, 1.807) is 12.2 Å². The molecule has 1 heterocycles. The number of rotatable bonds is 8. The minimum atomic E-state index is -0.476. The van der Waals surface area contributed by atoms with Gasteiger partial charge in [-0.3, -0.25) is 0 Å². The molecule has 0 spiro atoms. The molecule has 0 atom stereocenters. The molecule has 29 heavy (non-hydrogen) atoms. The minimum Gasteiger partial charge on any atom is -0.363 e. The van der Waals surface area contributed by atoms with E-state index in [9.17, 15) is 0 Å². The number of allylic oxidation sites excluding steroid dienone is 1. The average molecular weight is 385 g/mol. The molecule has 0 radical (unpaired) electrons. The second kappa shape index (κ2) is 9.60. The average Bonchev–Trinajstić information content (AvgIpc) is 2.77. The fourth-order valence-corrected chi connectivity index (χ4v) is 2.97. The van der Waals surface area contributed by atoms with Crippen molar-refractivity contribution in [1.29, 1.82) is 0 Å². The maximum Gasteiger partial charge on any atom is 0.191 e. The SMILES string of the molecule is C=Cc1ccc(-c2ncnc(NCc3ccc(/C=C/CC)cc3)c2F)cc1C=C. The van der Waals surface area contributed by atoms with Crippen LogP contribution >= 0.6 is 0 Å². The maximum atomic E-state index is 15.0. The summed E-state index contributed by atoms with van der Waals surface area (Å²) in [6.45, 7) is 10.2. The molecule has 2 aromatic carbocycles. The molecule has 0 aliphatic carbocycles. The van der Waals surface area contributed by atoms with E-state index in [0.29, 0.717) is 12.1 Å². The Labute approximate surface area is 171 Å². The number of benzene rings is 2. The van der Waals surface area contributed by atoms with Gasteiger partial charge in [-0.25, -0.2) is 14.4 Å². The molecule has 0 fully saturated rings. The van der Waals surface area contributed by atoms with Gasteiger partial charge in [-0.05, 0) is 34.7 Å². The third-order valence-corrected chi connectivity index (χ3v) is 4.58. The Morgan fingerprint density at radius 3 is 2.45 bits per heavy atom. The van der Waals surface area contributed by atoms with Gasteiger partial charge in [0.1, 0.15) is 12.0 Å². The third kappa shape index (κ3) is 4.85. The molecule has 0 aliphatic heterocycles. The van der Waals surface area contributed by atoms with Crippen molar-refractivity contribution in [2.24, 2.45) is 0 Å². The zero-order valence-corrected chi connectivity index (χ0v) is 16.5. The van der Waals surface area contributed by atoms with Crippen LogP contribution < -0.4 is 5.32 Å². The minimum absolute atomic E-state index is 0.179. The molecular formula is C25H24FN3. The lowest BCUT2D eigenvalue weighted by molar-refractivity contribution is 0.621. The summed E-state index contributed by atoms with van der Waals surface area (Å²) in [7, 11) is 0. The zero-order chi connectivity index (χ0) is 20.6.